The summed E-state index contributed by atoms with van der Waals surface area (Å²) in [5.74, 6) is 2.21. The van der Waals surface area contributed by atoms with Crippen molar-refractivity contribution in [1.29, 1.82) is 0 Å². The molecule has 1 aromatic rings. The lowest BCUT2D eigenvalue weighted by Crippen LogP contribution is -2.11. The van der Waals surface area contributed by atoms with Gasteiger partial charge in [-0.1, -0.05) is 6.92 Å². The summed E-state index contributed by atoms with van der Waals surface area (Å²) in [4.78, 5) is 4.33. The van der Waals surface area contributed by atoms with Gasteiger partial charge in [-0.25, -0.2) is 4.98 Å². The van der Waals surface area contributed by atoms with Crippen molar-refractivity contribution < 1.29 is 0 Å². The second kappa shape index (κ2) is 6.77. The van der Waals surface area contributed by atoms with E-state index in [9.17, 15) is 0 Å². The van der Waals surface area contributed by atoms with Crippen molar-refractivity contribution in [3.05, 3.63) is 12.4 Å². The predicted molar refractivity (Wildman–Crippen MR) is 68.7 cm³/mol. The average molecular weight is 227 g/mol. The van der Waals surface area contributed by atoms with Crippen molar-refractivity contribution in [3.63, 3.8) is 0 Å². The van der Waals surface area contributed by atoms with Gasteiger partial charge in [-0.05, 0) is 31.8 Å². The number of thioether (sulfide) groups is 1. The molecule has 0 aliphatic heterocycles. The van der Waals surface area contributed by atoms with Crippen LogP contribution < -0.4 is 5.32 Å². The Balaban J connectivity index is 2.54. The summed E-state index contributed by atoms with van der Waals surface area (Å²) < 4.78 is 2.23. The quantitative estimate of drug-likeness (QED) is 0.776. The van der Waals surface area contributed by atoms with Crippen LogP contribution in [-0.4, -0.2) is 28.1 Å². The second-order valence-electron chi connectivity index (χ2n) is 3.72. The predicted octanol–water partition coefficient (Wildman–Crippen LogP) is 3.02. The Morgan fingerprint density at radius 2 is 2.40 bits per heavy atom. The second-order valence-corrected chi connectivity index (χ2v) is 4.70. The zero-order chi connectivity index (χ0) is 11.1. The molecule has 4 heteroatoms. The SMILES string of the molecule is CCCNc1nccn1C(C)CCSC. The Bertz CT molecular complexity index is 273. The smallest absolute Gasteiger partial charge is 0.203 e. The van der Waals surface area contributed by atoms with Gasteiger partial charge in [-0.3, -0.25) is 0 Å². The highest BCUT2D eigenvalue weighted by Crippen LogP contribution is 2.18. The van der Waals surface area contributed by atoms with E-state index < -0.39 is 0 Å². The first-order valence-electron chi connectivity index (χ1n) is 5.55. The van der Waals surface area contributed by atoms with Crippen molar-refractivity contribution in [2.75, 3.05) is 23.9 Å². The maximum absolute atomic E-state index is 4.33. The fourth-order valence-electron chi connectivity index (χ4n) is 1.47. The monoisotopic (exact) mass is 227 g/mol. The van der Waals surface area contributed by atoms with E-state index in [1.165, 1.54) is 12.2 Å². The van der Waals surface area contributed by atoms with Crippen molar-refractivity contribution in [2.45, 2.75) is 32.7 Å². The fourth-order valence-corrected chi connectivity index (χ4v) is 2.05. The molecule has 0 spiro atoms. The Morgan fingerprint density at radius 1 is 1.60 bits per heavy atom. The molecule has 1 heterocycles. The molecule has 1 aromatic heterocycles. The molecule has 86 valence electrons. The van der Waals surface area contributed by atoms with Gasteiger partial charge >= 0.3 is 0 Å². The van der Waals surface area contributed by atoms with E-state index >= 15 is 0 Å². The maximum atomic E-state index is 4.33. The summed E-state index contributed by atoms with van der Waals surface area (Å²) in [6.45, 7) is 5.40. The molecule has 1 rings (SSSR count). The van der Waals surface area contributed by atoms with E-state index in [1.807, 2.05) is 18.0 Å². The highest BCUT2D eigenvalue weighted by atomic mass is 32.2. The Hall–Kier alpha value is -0.640. The minimum absolute atomic E-state index is 0.527. The summed E-state index contributed by atoms with van der Waals surface area (Å²) in [6, 6.07) is 0.527. The van der Waals surface area contributed by atoms with Crippen molar-refractivity contribution >= 4 is 17.7 Å². The van der Waals surface area contributed by atoms with Crippen LogP contribution in [0, 0.1) is 0 Å². The lowest BCUT2D eigenvalue weighted by molar-refractivity contribution is 0.539. The highest BCUT2D eigenvalue weighted by Gasteiger charge is 2.08. The molecule has 0 saturated heterocycles. The minimum Gasteiger partial charge on any atom is -0.356 e. The molecule has 1 unspecified atom stereocenters. The molecule has 3 nitrogen and oxygen atoms in total. The van der Waals surface area contributed by atoms with Gasteiger partial charge in [0.15, 0.2) is 0 Å². The van der Waals surface area contributed by atoms with Gasteiger partial charge in [0.05, 0.1) is 0 Å². The lowest BCUT2D eigenvalue weighted by Gasteiger charge is -2.16. The van der Waals surface area contributed by atoms with Crippen molar-refractivity contribution in [3.8, 4) is 0 Å². The van der Waals surface area contributed by atoms with Crippen LogP contribution in [0.5, 0.6) is 0 Å². The first kappa shape index (κ1) is 12.4. The Morgan fingerprint density at radius 3 is 3.07 bits per heavy atom. The topological polar surface area (TPSA) is 29.9 Å². The summed E-state index contributed by atoms with van der Waals surface area (Å²) in [6.07, 6.45) is 8.40. The molecule has 1 N–H and O–H groups in total. The molecular weight excluding hydrogens is 206 g/mol. The summed E-state index contributed by atoms with van der Waals surface area (Å²) in [5, 5.41) is 3.35. The molecule has 0 fully saturated rings. The van der Waals surface area contributed by atoms with E-state index in [0.717, 1.165) is 18.9 Å². The Kier molecular flexibility index (Phi) is 5.61. The zero-order valence-electron chi connectivity index (χ0n) is 9.86. The van der Waals surface area contributed by atoms with E-state index in [0.29, 0.717) is 6.04 Å². The summed E-state index contributed by atoms with van der Waals surface area (Å²) in [5.41, 5.74) is 0. The minimum atomic E-state index is 0.527. The van der Waals surface area contributed by atoms with Gasteiger partial charge < -0.3 is 9.88 Å². The first-order chi connectivity index (χ1) is 7.29. The molecule has 0 aliphatic carbocycles. The molecule has 0 saturated carbocycles. The van der Waals surface area contributed by atoms with Crippen LogP contribution in [0.15, 0.2) is 12.4 Å². The molecule has 1 atom stereocenters. The van der Waals surface area contributed by atoms with Gasteiger partial charge in [0.1, 0.15) is 0 Å². The van der Waals surface area contributed by atoms with Crippen LogP contribution >= 0.6 is 11.8 Å². The van der Waals surface area contributed by atoms with Crippen LogP contribution in [0.25, 0.3) is 0 Å². The number of aromatic nitrogens is 2. The highest BCUT2D eigenvalue weighted by molar-refractivity contribution is 7.98. The standard InChI is InChI=1S/C11H21N3S/c1-4-6-12-11-13-7-8-14(11)10(2)5-9-15-3/h7-8,10H,4-6,9H2,1-3H3,(H,12,13). The van der Waals surface area contributed by atoms with Crippen molar-refractivity contribution in [2.24, 2.45) is 0 Å². The third-order valence-electron chi connectivity index (χ3n) is 2.42. The Labute approximate surface area is 96.7 Å². The van der Waals surface area contributed by atoms with Crippen LogP contribution in [-0.2, 0) is 0 Å². The molecule has 0 bridgehead atoms. The number of imidazole rings is 1. The number of hydrogen-bond donors (Lipinski definition) is 1. The molecule has 0 aliphatic rings. The largest absolute Gasteiger partial charge is 0.356 e. The van der Waals surface area contributed by atoms with Crippen LogP contribution in [0.1, 0.15) is 32.7 Å². The lowest BCUT2D eigenvalue weighted by atomic mass is 10.2. The van der Waals surface area contributed by atoms with Gasteiger partial charge in [0.2, 0.25) is 5.95 Å². The molecule has 0 aromatic carbocycles. The van der Waals surface area contributed by atoms with Gasteiger partial charge in [-0.15, -0.1) is 0 Å². The van der Waals surface area contributed by atoms with E-state index in [4.69, 9.17) is 0 Å². The number of anilines is 1. The third kappa shape index (κ3) is 3.78. The van der Waals surface area contributed by atoms with Gasteiger partial charge in [-0.2, -0.15) is 11.8 Å². The number of rotatable bonds is 7. The number of hydrogen-bond acceptors (Lipinski definition) is 3. The maximum Gasteiger partial charge on any atom is 0.203 e. The van der Waals surface area contributed by atoms with E-state index in [2.05, 4.69) is 41.2 Å². The van der Waals surface area contributed by atoms with Crippen LogP contribution in [0.3, 0.4) is 0 Å². The van der Waals surface area contributed by atoms with Crippen LogP contribution in [0.4, 0.5) is 5.95 Å². The number of nitrogens with one attached hydrogen (secondary N) is 1. The zero-order valence-corrected chi connectivity index (χ0v) is 10.7. The average Bonchev–Trinajstić information content (AvgIpc) is 2.71. The summed E-state index contributed by atoms with van der Waals surface area (Å²) >= 11 is 1.90. The van der Waals surface area contributed by atoms with E-state index in [1.54, 1.807) is 0 Å². The third-order valence-corrected chi connectivity index (χ3v) is 3.06. The molecule has 0 radical (unpaired) electrons. The molecule has 0 amide bonds. The fraction of sp³-hybridized carbons (Fsp3) is 0.727. The number of nitrogens with zero attached hydrogens (tertiary/aromatic N) is 2. The molecule has 15 heavy (non-hydrogen) atoms. The normalized spacial score (nSPS) is 12.7. The van der Waals surface area contributed by atoms with E-state index in [-0.39, 0.29) is 0 Å². The first-order valence-corrected chi connectivity index (χ1v) is 6.94. The van der Waals surface area contributed by atoms with Crippen LogP contribution in [0.2, 0.25) is 0 Å². The van der Waals surface area contributed by atoms with Gasteiger partial charge in [0, 0.05) is 25.0 Å². The van der Waals surface area contributed by atoms with Crippen molar-refractivity contribution in [1.82, 2.24) is 9.55 Å². The molecular formula is C11H21N3S. The summed E-state index contributed by atoms with van der Waals surface area (Å²) in [7, 11) is 0. The van der Waals surface area contributed by atoms with Gasteiger partial charge in [0.25, 0.3) is 0 Å².